The summed E-state index contributed by atoms with van der Waals surface area (Å²) in [5, 5.41) is 0.236. The first-order chi connectivity index (χ1) is 16.6. The van der Waals surface area contributed by atoms with Crippen molar-refractivity contribution in [1.29, 1.82) is 0 Å². The van der Waals surface area contributed by atoms with Crippen molar-refractivity contribution < 1.29 is 9.47 Å². The van der Waals surface area contributed by atoms with Gasteiger partial charge in [0.25, 0.3) is 5.56 Å². The number of piperazine rings is 1. The van der Waals surface area contributed by atoms with E-state index in [1.807, 2.05) is 12.1 Å². The van der Waals surface area contributed by atoms with Gasteiger partial charge in [0.1, 0.15) is 5.39 Å². The number of aromatic nitrogens is 4. The van der Waals surface area contributed by atoms with E-state index < -0.39 is 11.2 Å². The van der Waals surface area contributed by atoms with Crippen LogP contribution in [0.3, 0.4) is 0 Å². The summed E-state index contributed by atoms with van der Waals surface area (Å²) in [5.41, 5.74) is 2.01. The Kier molecular flexibility index (Phi) is 4.72. The third-order valence-electron chi connectivity index (χ3n) is 6.27. The smallest absolute Gasteiger partial charge is 0.334 e. The minimum Gasteiger partial charge on any atom is -0.454 e. The Labute approximate surface area is 194 Å². The summed E-state index contributed by atoms with van der Waals surface area (Å²) in [4.78, 5) is 42.1. The maximum absolute atomic E-state index is 13.1. The van der Waals surface area contributed by atoms with Gasteiger partial charge in [-0.1, -0.05) is 18.2 Å². The molecule has 0 radical (unpaired) electrons. The number of anilines is 2. The Balaban J connectivity index is 1.29. The Morgan fingerprint density at radius 1 is 0.941 bits per heavy atom. The fourth-order valence-corrected chi connectivity index (χ4v) is 4.47. The molecule has 1 saturated heterocycles. The zero-order chi connectivity index (χ0) is 23.2. The molecule has 4 heterocycles. The van der Waals surface area contributed by atoms with E-state index in [4.69, 9.17) is 9.47 Å². The van der Waals surface area contributed by atoms with Crippen molar-refractivity contribution >= 4 is 22.7 Å². The first-order valence-corrected chi connectivity index (χ1v) is 11.1. The van der Waals surface area contributed by atoms with E-state index in [1.54, 1.807) is 18.2 Å². The summed E-state index contributed by atoms with van der Waals surface area (Å²) in [7, 11) is 0. The molecule has 6 rings (SSSR count). The van der Waals surface area contributed by atoms with Crippen LogP contribution in [0.5, 0.6) is 11.5 Å². The van der Waals surface area contributed by atoms with Gasteiger partial charge in [0.15, 0.2) is 17.1 Å². The zero-order valence-electron chi connectivity index (χ0n) is 18.5. The SMILES string of the molecule is Cc1ccccc1N1CCN(c2ncc3c(=O)n(-c4ccc5c(c4)OCO5)c(=O)[nH]c3n2)CC1. The first-order valence-electron chi connectivity index (χ1n) is 11.1. The minimum atomic E-state index is -0.578. The van der Waals surface area contributed by atoms with Crippen molar-refractivity contribution in [2.24, 2.45) is 0 Å². The molecule has 2 aromatic carbocycles. The first kappa shape index (κ1) is 20.3. The van der Waals surface area contributed by atoms with Crippen LogP contribution in [-0.4, -0.2) is 52.5 Å². The van der Waals surface area contributed by atoms with Crippen molar-refractivity contribution in [3.05, 3.63) is 75.1 Å². The average Bonchev–Trinajstić information content (AvgIpc) is 3.32. The van der Waals surface area contributed by atoms with Crippen molar-refractivity contribution in [3.63, 3.8) is 0 Å². The molecule has 0 saturated carbocycles. The van der Waals surface area contributed by atoms with E-state index in [0.29, 0.717) is 23.1 Å². The van der Waals surface area contributed by atoms with Crippen LogP contribution in [0.4, 0.5) is 11.6 Å². The van der Waals surface area contributed by atoms with Crippen LogP contribution in [0, 0.1) is 6.92 Å². The van der Waals surface area contributed by atoms with Crippen LogP contribution < -0.4 is 30.5 Å². The second kappa shape index (κ2) is 7.91. The van der Waals surface area contributed by atoms with E-state index >= 15 is 0 Å². The highest BCUT2D eigenvalue weighted by atomic mass is 16.7. The maximum Gasteiger partial charge on any atom is 0.334 e. The number of nitrogens with zero attached hydrogens (tertiary/aromatic N) is 5. The van der Waals surface area contributed by atoms with E-state index in [9.17, 15) is 9.59 Å². The van der Waals surface area contributed by atoms with Crippen LogP contribution in [0.1, 0.15) is 5.56 Å². The number of fused-ring (bicyclic) bond motifs is 2. The number of nitrogens with one attached hydrogen (secondary N) is 1. The lowest BCUT2D eigenvalue weighted by Gasteiger charge is -2.36. The molecule has 10 nitrogen and oxygen atoms in total. The molecular formula is C24H22N6O4. The van der Waals surface area contributed by atoms with Crippen molar-refractivity contribution in [1.82, 2.24) is 19.5 Å². The van der Waals surface area contributed by atoms with Gasteiger partial charge in [-0.05, 0) is 30.7 Å². The number of hydrogen-bond donors (Lipinski definition) is 1. The Hall–Kier alpha value is -4.34. The number of ether oxygens (including phenoxy) is 2. The lowest BCUT2D eigenvalue weighted by Crippen LogP contribution is -2.47. The third kappa shape index (κ3) is 3.35. The molecule has 0 atom stereocenters. The molecule has 0 spiro atoms. The molecule has 172 valence electrons. The number of H-pyrrole nitrogens is 1. The quantitative estimate of drug-likeness (QED) is 0.496. The number of para-hydroxylation sites is 1. The number of aromatic amines is 1. The molecule has 2 aromatic heterocycles. The van der Waals surface area contributed by atoms with Crippen LogP contribution in [-0.2, 0) is 0 Å². The summed E-state index contributed by atoms with van der Waals surface area (Å²) >= 11 is 0. The summed E-state index contributed by atoms with van der Waals surface area (Å²) in [6.45, 7) is 5.35. The fourth-order valence-electron chi connectivity index (χ4n) is 4.47. The van der Waals surface area contributed by atoms with Crippen LogP contribution in [0.15, 0.2) is 58.3 Å². The monoisotopic (exact) mass is 458 g/mol. The van der Waals surface area contributed by atoms with E-state index in [0.717, 1.165) is 30.7 Å². The van der Waals surface area contributed by atoms with Gasteiger partial charge in [-0.25, -0.2) is 14.3 Å². The normalized spacial score (nSPS) is 15.2. The zero-order valence-corrected chi connectivity index (χ0v) is 18.5. The predicted molar refractivity (Wildman–Crippen MR) is 127 cm³/mol. The molecular weight excluding hydrogens is 436 g/mol. The number of rotatable bonds is 3. The predicted octanol–water partition coefficient (Wildman–Crippen LogP) is 1.83. The molecule has 10 heteroatoms. The largest absolute Gasteiger partial charge is 0.454 e. The van der Waals surface area contributed by atoms with Gasteiger partial charge in [-0.2, -0.15) is 4.98 Å². The molecule has 34 heavy (non-hydrogen) atoms. The van der Waals surface area contributed by atoms with E-state index in [1.165, 1.54) is 17.4 Å². The van der Waals surface area contributed by atoms with Gasteiger partial charge in [0.2, 0.25) is 12.7 Å². The Bertz CT molecular complexity index is 1520. The number of hydrogen-bond acceptors (Lipinski definition) is 8. The summed E-state index contributed by atoms with van der Waals surface area (Å²) in [6.07, 6.45) is 1.48. The van der Waals surface area contributed by atoms with Gasteiger partial charge >= 0.3 is 5.69 Å². The molecule has 0 aliphatic carbocycles. The third-order valence-corrected chi connectivity index (χ3v) is 6.27. The molecule has 0 unspecified atom stereocenters. The van der Waals surface area contributed by atoms with Gasteiger partial charge in [-0.3, -0.25) is 9.78 Å². The van der Waals surface area contributed by atoms with Crippen molar-refractivity contribution in [2.45, 2.75) is 6.92 Å². The molecule has 1 fully saturated rings. The van der Waals surface area contributed by atoms with Crippen molar-refractivity contribution in [3.8, 4) is 17.2 Å². The van der Waals surface area contributed by atoms with Crippen molar-refractivity contribution in [2.75, 3.05) is 42.8 Å². The molecule has 1 N–H and O–H groups in total. The molecule has 2 aliphatic heterocycles. The van der Waals surface area contributed by atoms with E-state index in [-0.39, 0.29) is 17.8 Å². The van der Waals surface area contributed by atoms with Gasteiger partial charge in [0, 0.05) is 44.1 Å². The fraction of sp³-hybridized carbons (Fsp3) is 0.250. The Morgan fingerprint density at radius 3 is 2.53 bits per heavy atom. The van der Waals surface area contributed by atoms with Gasteiger partial charge < -0.3 is 19.3 Å². The standard InChI is InChI=1S/C24H22N6O4/c1-15-4-2-3-5-18(15)28-8-10-29(11-9-28)23-25-13-17-21(26-23)27-24(32)30(22(17)31)16-6-7-19-20(12-16)34-14-33-19/h2-7,12-13H,8-11,14H2,1H3,(H,25,26,27,32). The number of benzene rings is 2. The topological polar surface area (TPSA) is 106 Å². The molecule has 4 aromatic rings. The van der Waals surface area contributed by atoms with E-state index in [2.05, 4.69) is 43.8 Å². The lowest BCUT2D eigenvalue weighted by molar-refractivity contribution is 0.174. The summed E-state index contributed by atoms with van der Waals surface area (Å²) in [5.74, 6) is 1.55. The average molecular weight is 458 g/mol. The highest BCUT2D eigenvalue weighted by Crippen LogP contribution is 2.33. The molecule has 2 aliphatic rings. The second-order valence-corrected chi connectivity index (χ2v) is 8.30. The minimum absolute atomic E-state index is 0.109. The summed E-state index contributed by atoms with van der Waals surface area (Å²) < 4.78 is 11.7. The van der Waals surface area contributed by atoms with Crippen LogP contribution in [0.2, 0.25) is 0 Å². The van der Waals surface area contributed by atoms with Gasteiger partial charge in [0.05, 0.1) is 5.69 Å². The highest BCUT2D eigenvalue weighted by molar-refractivity contribution is 5.74. The molecule has 0 amide bonds. The highest BCUT2D eigenvalue weighted by Gasteiger charge is 2.22. The van der Waals surface area contributed by atoms with Gasteiger partial charge in [-0.15, -0.1) is 0 Å². The number of aryl methyl sites for hydroxylation is 1. The van der Waals surface area contributed by atoms with Crippen LogP contribution >= 0.6 is 0 Å². The van der Waals surface area contributed by atoms with Crippen LogP contribution in [0.25, 0.3) is 16.7 Å². The molecule has 0 bridgehead atoms. The maximum atomic E-state index is 13.1. The summed E-state index contributed by atoms with van der Waals surface area (Å²) in [6, 6.07) is 13.2. The second-order valence-electron chi connectivity index (χ2n) is 8.30. The lowest BCUT2D eigenvalue weighted by atomic mass is 10.1. The Morgan fingerprint density at radius 2 is 1.71 bits per heavy atom.